The molecule has 12 heterocycles. The van der Waals surface area contributed by atoms with Crippen molar-refractivity contribution in [3.63, 3.8) is 0 Å². The fourth-order valence-electron chi connectivity index (χ4n) is 16.3. The Hall–Kier alpha value is -13.1. The Kier molecular flexibility index (Phi) is 32.8. The molecule has 712 valence electrons. The highest BCUT2D eigenvalue weighted by Gasteiger charge is 2.39. The second-order valence-corrected chi connectivity index (χ2v) is 41.9. The number of nitrogens with one attached hydrogen (secondary N) is 7. The first-order valence-corrected chi connectivity index (χ1v) is 48.1. The van der Waals surface area contributed by atoms with Gasteiger partial charge in [-0.25, -0.2) is 54.3 Å². The summed E-state index contributed by atoms with van der Waals surface area (Å²) >= 11 is 6.72. The van der Waals surface area contributed by atoms with Crippen LogP contribution in [0.5, 0.6) is 0 Å². The monoisotopic (exact) mass is 1910 g/mol. The molecule has 0 saturated carbocycles. The van der Waals surface area contributed by atoms with E-state index in [0.29, 0.717) is 89.1 Å². The molecule has 12 N–H and O–H groups in total. The van der Waals surface area contributed by atoms with E-state index in [1.165, 1.54) is 54.0 Å². The number of amides is 9. The smallest absolute Gasteiger partial charge is 0.413 e. The van der Waals surface area contributed by atoms with Gasteiger partial charge in [-0.15, -0.1) is 45.3 Å². The van der Waals surface area contributed by atoms with Crippen molar-refractivity contribution in [2.24, 2.45) is 23.7 Å². The van der Waals surface area contributed by atoms with Crippen LogP contribution >= 0.6 is 45.3 Å². The van der Waals surface area contributed by atoms with Gasteiger partial charge in [0.05, 0.1) is 127 Å². The Balaban J connectivity index is 0.000000155. The molecule has 37 heteroatoms. The first-order valence-electron chi connectivity index (χ1n) is 44.8. The number of carboxylic acid groups (broad SMARTS) is 1. The second kappa shape index (κ2) is 43.9. The van der Waals surface area contributed by atoms with Gasteiger partial charge < -0.3 is 67.3 Å². The Morgan fingerprint density at radius 1 is 0.378 bits per heavy atom. The third-order valence-electron chi connectivity index (χ3n) is 23.0. The minimum absolute atomic E-state index is 0.142. The number of carboxylic acids is 1. The molecule has 9 amide bonds. The maximum Gasteiger partial charge on any atom is 0.413 e. The van der Waals surface area contributed by atoms with E-state index in [2.05, 4.69) is 142 Å². The molecule has 8 aromatic heterocycles. The summed E-state index contributed by atoms with van der Waals surface area (Å²) in [5.74, 6) is -3.29. The van der Waals surface area contributed by atoms with Crippen molar-refractivity contribution in [2.75, 3.05) is 69.5 Å². The summed E-state index contributed by atoms with van der Waals surface area (Å²) in [5, 5.41) is 31.5. The van der Waals surface area contributed by atoms with Crippen molar-refractivity contribution in [2.45, 2.75) is 211 Å². The van der Waals surface area contributed by atoms with E-state index in [1.807, 2.05) is 63.2 Å². The number of nitrogens with zero attached hydrogens (tertiary/aromatic N) is 11. The van der Waals surface area contributed by atoms with Crippen LogP contribution in [0.1, 0.15) is 209 Å². The van der Waals surface area contributed by atoms with Gasteiger partial charge in [0.25, 0.3) is 0 Å². The number of pyridine rings is 4. The van der Waals surface area contributed by atoms with Crippen LogP contribution in [0.25, 0.3) is 40.9 Å². The lowest BCUT2D eigenvalue weighted by atomic mass is 9.89. The van der Waals surface area contributed by atoms with Gasteiger partial charge in [0.2, 0.25) is 0 Å². The van der Waals surface area contributed by atoms with Gasteiger partial charge in [-0.3, -0.25) is 44.2 Å². The molecule has 4 aliphatic rings. The second-order valence-electron chi connectivity index (χ2n) is 37.0. The van der Waals surface area contributed by atoms with Crippen LogP contribution in [0.2, 0.25) is 0 Å². The van der Waals surface area contributed by atoms with Crippen LogP contribution in [0.3, 0.4) is 0 Å². The fraction of sp³-hybridized carbons (Fsp3) is 0.408. The first-order chi connectivity index (χ1) is 63.8. The number of benzene rings is 4. The fourth-order valence-corrected chi connectivity index (χ4v) is 19.5. The predicted octanol–water partition coefficient (Wildman–Crippen LogP) is 18.7. The number of hydrogen-bond donors (Lipinski definition) is 10. The molecule has 6 unspecified atom stereocenters. The predicted molar refractivity (Wildman–Crippen MR) is 532 cm³/mol. The molecule has 0 spiro atoms. The number of carbonyl (C=O) groups is 10. The lowest BCUT2D eigenvalue weighted by Gasteiger charge is -2.38. The Bertz CT molecular complexity index is 6250. The number of piperidine rings is 4. The minimum atomic E-state index is -1.59. The van der Waals surface area contributed by atoms with Crippen LogP contribution < -0.4 is 48.7 Å². The molecule has 4 aliphatic heterocycles. The molecule has 16 rings (SSSR count). The molecule has 0 bridgehead atoms. The average molecular weight is 1910 g/mol. The van der Waals surface area contributed by atoms with Crippen molar-refractivity contribution in [3.05, 3.63) is 186 Å². The highest BCUT2D eigenvalue weighted by molar-refractivity contribution is 7.19. The Labute approximate surface area is 800 Å². The SMILES string of the molecule is Cc1cc(NC(=O)C(=O)O)cnc1NC(=O)OC(C)(C)C.Cc1nc2cc(C3CCC(C)CN3)ccc2s1.Cc1nc2cc(C3CCC(C)CN3C(=O)C(=O)Nc3cnc(N)c(C)c3)ccc2s1.Cc1nc2cc(C3CCC(C)CN3C(=O)C(=O)Nc3cnc(NC(=O)OC(C)(C)C)c(C)c3)ccc2s1.Cc1nc2cc([C@@H]3CC[C@@H](C)CN3C(=O)C(=O)Nc3cnc(N)c(C)c3)ccc2s1. The number of fused-ring (bicyclic) bond motifs is 4. The number of thiazole rings is 4. The standard InChI is InChI=1S/C27H33N5O4S.2C22H25N5O2S.C14H18N2S.C13H17N3O5/c1-15-7-9-21(18-8-10-22-20(12-18)29-17(3)37-22)32(14-15)25(34)24(33)30-19-11-16(2)23(28-13-19)31-26(35)36-27(4,5)6;2*1-12-4-6-18(15-5-7-19-17(9-15)25-14(3)30-19)27(11-12)22(29)21(28)26-16-8-13(2)20(23)24-10-16;1-9-3-5-12(15-8-9)11-4-6-14-13(7-11)16-10(2)17-14;1-7-5-8(15-10(17)11(18)19)6-14-9(7)16-12(20)21-13(2,3)4/h8,10-13,15,21H,7,9,14H2,1-6H3,(H,30,33)(H,28,31,35);2*5,7-10,12,18H,4,6,11H2,1-3H3,(H2,23,24)(H,26,28);4,6-7,9,12,15H,3,5,8H2,1-2H3;5-6H,1-4H3,(H,15,17)(H,18,19)(H,14,16,20)/t;12-,18+;;;/m.1.../s1. The summed E-state index contributed by atoms with van der Waals surface area (Å²) in [6.07, 6.45) is 12.3. The van der Waals surface area contributed by atoms with Crippen LogP contribution in [0.4, 0.5) is 55.6 Å². The van der Waals surface area contributed by atoms with E-state index in [1.54, 1.807) is 147 Å². The molecule has 12 aromatic rings. The number of carbonyl (C=O) groups excluding carboxylic acids is 9. The van der Waals surface area contributed by atoms with Crippen molar-refractivity contribution in [1.82, 2.24) is 59.9 Å². The number of ether oxygens (including phenoxy) is 2. The van der Waals surface area contributed by atoms with Gasteiger partial charge >= 0.3 is 59.5 Å². The molecule has 0 radical (unpaired) electrons. The zero-order valence-corrected chi connectivity index (χ0v) is 82.5. The van der Waals surface area contributed by atoms with Gasteiger partial charge in [-0.2, -0.15) is 0 Å². The third-order valence-corrected chi connectivity index (χ3v) is 26.8. The number of aryl methyl sites for hydroxylation is 8. The number of aliphatic carboxylic acids is 1. The van der Waals surface area contributed by atoms with Crippen LogP contribution in [-0.4, -0.2) is 157 Å². The van der Waals surface area contributed by atoms with Crippen LogP contribution in [-0.2, 0) is 47.8 Å². The summed E-state index contributed by atoms with van der Waals surface area (Å²) in [7, 11) is 0. The zero-order chi connectivity index (χ0) is 97.8. The van der Waals surface area contributed by atoms with E-state index in [-0.39, 0.29) is 29.6 Å². The molecule has 8 atom stereocenters. The topological polar surface area (TPSA) is 458 Å². The zero-order valence-electron chi connectivity index (χ0n) is 79.2. The number of hydrogen-bond acceptors (Lipinski definition) is 27. The Morgan fingerprint density at radius 3 is 0.956 bits per heavy atom. The number of nitrogen functional groups attached to an aromatic ring is 2. The van der Waals surface area contributed by atoms with Crippen molar-refractivity contribution >= 4 is 192 Å². The highest BCUT2D eigenvalue weighted by Crippen LogP contribution is 2.41. The number of rotatable bonds is 10. The molecule has 4 fully saturated rings. The third kappa shape index (κ3) is 27.4. The molecular weight excluding hydrogens is 1790 g/mol. The van der Waals surface area contributed by atoms with Gasteiger partial charge in [0.15, 0.2) is 0 Å². The van der Waals surface area contributed by atoms with E-state index in [9.17, 15) is 47.9 Å². The quantitative estimate of drug-likeness (QED) is 0.0568. The first kappa shape index (κ1) is 101. The molecule has 135 heavy (non-hydrogen) atoms. The summed E-state index contributed by atoms with van der Waals surface area (Å²) in [6.45, 7) is 36.9. The summed E-state index contributed by atoms with van der Waals surface area (Å²) in [4.78, 5) is 163. The number of nitrogens with two attached hydrogens (primary N) is 2. The maximum atomic E-state index is 13.3. The van der Waals surface area contributed by atoms with Gasteiger partial charge in [0, 0.05) is 25.7 Å². The summed E-state index contributed by atoms with van der Waals surface area (Å²) in [5.41, 5.74) is 22.7. The lowest BCUT2D eigenvalue weighted by molar-refractivity contribution is -0.147. The maximum absolute atomic E-state index is 13.3. The minimum Gasteiger partial charge on any atom is -0.474 e. The normalized spacial score (nSPS) is 18.3. The number of anilines is 8. The highest BCUT2D eigenvalue weighted by atomic mass is 32.1. The van der Waals surface area contributed by atoms with E-state index < -0.39 is 70.7 Å². The Morgan fingerprint density at radius 2 is 0.667 bits per heavy atom. The lowest BCUT2D eigenvalue weighted by Crippen LogP contribution is -2.46. The molecular formula is C98H118N20O13S4. The average Bonchev–Trinajstić information content (AvgIpc) is 1.79. The molecule has 0 aliphatic carbocycles. The van der Waals surface area contributed by atoms with Crippen LogP contribution in [0.15, 0.2) is 122 Å². The summed E-state index contributed by atoms with van der Waals surface area (Å²) < 4.78 is 15.0. The molecule has 4 saturated heterocycles. The van der Waals surface area contributed by atoms with E-state index in [4.69, 9.17) is 26.0 Å². The number of aromatic nitrogens is 8. The van der Waals surface area contributed by atoms with Gasteiger partial charge in [-0.05, 0) is 296 Å². The van der Waals surface area contributed by atoms with Gasteiger partial charge in [0.1, 0.15) is 34.5 Å². The number of likely N-dealkylation sites (tertiary alicyclic amines) is 3. The summed E-state index contributed by atoms with van der Waals surface area (Å²) in [6, 6.07) is 31.7. The van der Waals surface area contributed by atoms with Gasteiger partial charge in [-0.1, -0.05) is 52.0 Å². The van der Waals surface area contributed by atoms with Crippen molar-refractivity contribution in [1.29, 1.82) is 0 Å². The van der Waals surface area contributed by atoms with Crippen LogP contribution in [0, 0.1) is 79.1 Å². The van der Waals surface area contributed by atoms with E-state index in [0.717, 1.165) is 135 Å². The molecule has 33 nitrogen and oxygen atoms in total. The van der Waals surface area contributed by atoms with E-state index >= 15 is 0 Å². The molecule has 4 aromatic carbocycles. The largest absolute Gasteiger partial charge is 0.474 e. The van der Waals surface area contributed by atoms with Crippen molar-refractivity contribution in [3.8, 4) is 0 Å². The van der Waals surface area contributed by atoms with Crippen molar-refractivity contribution < 1.29 is 62.5 Å².